The van der Waals surface area contributed by atoms with Gasteiger partial charge in [-0.3, -0.25) is 24.7 Å². The smallest absolute Gasteiger partial charge is 0.490 e. The Hall–Kier alpha value is -6.39. The van der Waals surface area contributed by atoms with Crippen LogP contribution in [0.2, 0.25) is 0 Å². The molecule has 52 heavy (non-hydrogen) atoms. The van der Waals surface area contributed by atoms with Gasteiger partial charge in [-0.25, -0.2) is 9.59 Å². The second kappa shape index (κ2) is 21.6. The Balaban J connectivity index is 0.00000121. The SMILES string of the molecule is C=CC(=O)NCCNC(=O)NC(N)=NCCC[C@@H](NC(=O)C(c1ccccc1)c1ccccc1)C(=O)NCc1ccc(O)cc1.O=C(O)C(F)(F)F. The molecule has 0 aliphatic rings. The number of aromatic hydroxyl groups is 1. The molecule has 0 bridgehead atoms. The summed E-state index contributed by atoms with van der Waals surface area (Å²) in [5, 5.41) is 29.9. The zero-order valence-corrected chi connectivity index (χ0v) is 27.9. The Kier molecular flexibility index (Phi) is 17.4. The molecule has 9 N–H and O–H groups in total. The number of alkyl halides is 3. The van der Waals surface area contributed by atoms with Crippen LogP contribution in [0.5, 0.6) is 5.75 Å². The fourth-order valence-corrected chi connectivity index (χ4v) is 4.37. The fourth-order valence-electron chi connectivity index (χ4n) is 4.37. The van der Waals surface area contributed by atoms with Crippen LogP contribution in [-0.2, 0) is 25.7 Å². The predicted molar refractivity (Wildman–Crippen MR) is 186 cm³/mol. The largest absolute Gasteiger partial charge is 0.508 e. The zero-order valence-electron chi connectivity index (χ0n) is 27.9. The van der Waals surface area contributed by atoms with E-state index in [9.17, 15) is 37.5 Å². The summed E-state index contributed by atoms with van der Waals surface area (Å²) < 4.78 is 31.7. The highest BCUT2D eigenvalue weighted by atomic mass is 19.4. The zero-order chi connectivity index (χ0) is 38.5. The van der Waals surface area contributed by atoms with Crippen LogP contribution in [-0.4, -0.2) is 77.7 Å². The molecule has 3 rings (SSSR count). The number of benzene rings is 3. The molecule has 0 fully saturated rings. The summed E-state index contributed by atoms with van der Waals surface area (Å²) in [4.78, 5) is 63.3. The first-order valence-electron chi connectivity index (χ1n) is 15.7. The number of guanidine groups is 1. The van der Waals surface area contributed by atoms with E-state index in [4.69, 9.17) is 15.6 Å². The van der Waals surface area contributed by atoms with E-state index < -0.39 is 30.1 Å². The third-order valence-electron chi connectivity index (χ3n) is 6.88. The molecule has 0 aromatic heterocycles. The monoisotopic (exact) mass is 727 g/mol. The number of nitrogens with two attached hydrogens (primary N) is 1. The normalized spacial score (nSPS) is 11.6. The van der Waals surface area contributed by atoms with Crippen LogP contribution in [0.3, 0.4) is 0 Å². The quantitative estimate of drug-likeness (QED) is 0.0502. The number of aliphatic imine (C=N–C) groups is 1. The van der Waals surface area contributed by atoms with E-state index in [1.807, 2.05) is 60.7 Å². The standard InChI is InChI=1S/C33H39N7O5.C2HF3O2/c1-2-28(42)35-20-21-37-33(45)40-32(34)36-19-9-14-27(30(43)38-22-23-15-17-26(41)18-16-23)39-31(44)29(24-10-5-3-6-11-24)25-12-7-4-8-13-25;3-2(4,5)1(6)7/h2-8,10-13,15-18,27,29,41H,1,9,14,19-22H2,(H,35,42)(H,38,43)(H,39,44)(H4,34,36,37,40,45);(H,6,7)/t27-;/m1./s1. The Bertz CT molecular complexity index is 1620. The number of halogens is 3. The molecule has 0 spiro atoms. The lowest BCUT2D eigenvalue weighted by atomic mass is 9.90. The molecular weight excluding hydrogens is 687 g/mol. The van der Waals surface area contributed by atoms with Gasteiger partial charge in [-0.2, -0.15) is 13.2 Å². The molecule has 0 saturated heterocycles. The molecule has 0 aliphatic carbocycles. The minimum Gasteiger partial charge on any atom is -0.508 e. The average molecular weight is 728 g/mol. The van der Waals surface area contributed by atoms with E-state index in [0.29, 0.717) is 6.42 Å². The summed E-state index contributed by atoms with van der Waals surface area (Å²) >= 11 is 0. The maximum Gasteiger partial charge on any atom is 0.490 e. The molecule has 278 valence electrons. The van der Waals surface area contributed by atoms with Crippen molar-refractivity contribution in [2.24, 2.45) is 10.7 Å². The lowest BCUT2D eigenvalue weighted by Gasteiger charge is -2.23. The summed E-state index contributed by atoms with van der Waals surface area (Å²) in [6.45, 7) is 4.12. The minimum atomic E-state index is -5.08. The van der Waals surface area contributed by atoms with Crippen molar-refractivity contribution in [3.8, 4) is 5.75 Å². The van der Waals surface area contributed by atoms with Crippen LogP contribution in [0.1, 0.15) is 35.4 Å². The van der Waals surface area contributed by atoms with Gasteiger partial charge in [0.2, 0.25) is 17.7 Å². The topological polar surface area (TPSA) is 224 Å². The summed E-state index contributed by atoms with van der Waals surface area (Å²) in [6.07, 6.45) is -3.34. The van der Waals surface area contributed by atoms with Crippen molar-refractivity contribution in [3.63, 3.8) is 0 Å². The molecule has 3 aromatic rings. The molecule has 0 saturated carbocycles. The molecule has 5 amide bonds. The first-order valence-corrected chi connectivity index (χ1v) is 15.7. The van der Waals surface area contributed by atoms with Crippen LogP contribution < -0.4 is 32.3 Å². The van der Waals surface area contributed by atoms with Gasteiger partial charge in [0, 0.05) is 26.2 Å². The molecule has 0 heterocycles. The Morgan fingerprint density at radius 1 is 0.827 bits per heavy atom. The molecule has 14 nitrogen and oxygen atoms in total. The Labute approximate surface area is 297 Å². The molecule has 0 radical (unpaired) electrons. The van der Waals surface area contributed by atoms with Crippen LogP contribution in [0.25, 0.3) is 0 Å². The second-order valence-electron chi connectivity index (χ2n) is 10.8. The van der Waals surface area contributed by atoms with Crippen molar-refractivity contribution in [2.75, 3.05) is 19.6 Å². The van der Waals surface area contributed by atoms with Gasteiger partial charge in [0.1, 0.15) is 11.8 Å². The predicted octanol–water partition coefficient (Wildman–Crippen LogP) is 2.65. The number of aliphatic carboxylic acids is 1. The Morgan fingerprint density at radius 2 is 1.37 bits per heavy atom. The van der Waals surface area contributed by atoms with Crippen LogP contribution in [0.4, 0.5) is 18.0 Å². The minimum absolute atomic E-state index is 0.117. The van der Waals surface area contributed by atoms with Crippen molar-refractivity contribution in [1.29, 1.82) is 0 Å². The molecule has 17 heteroatoms. The van der Waals surface area contributed by atoms with Crippen molar-refractivity contribution in [1.82, 2.24) is 26.6 Å². The lowest BCUT2D eigenvalue weighted by molar-refractivity contribution is -0.192. The van der Waals surface area contributed by atoms with Gasteiger partial charge < -0.3 is 37.2 Å². The van der Waals surface area contributed by atoms with Gasteiger partial charge in [0.05, 0.1) is 5.92 Å². The second-order valence-corrected chi connectivity index (χ2v) is 10.8. The first-order chi connectivity index (χ1) is 24.7. The molecule has 3 aromatic carbocycles. The highest BCUT2D eigenvalue weighted by molar-refractivity contribution is 5.95. The maximum absolute atomic E-state index is 13.7. The van der Waals surface area contributed by atoms with Crippen LogP contribution >= 0.6 is 0 Å². The van der Waals surface area contributed by atoms with Crippen LogP contribution in [0.15, 0.2) is 103 Å². The molecular formula is C35H40F3N7O7. The highest BCUT2D eigenvalue weighted by Crippen LogP contribution is 2.25. The van der Waals surface area contributed by atoms with Crippen molar-refractivity contribution in [3.05, 3.63) is 114 Å². The summed E-state index contributed by atoms with van der Waals surface area (Å²) in [5.74, 6) is -4.46. The van der Waals surface area contributed by atoms with Gasteiger partial charge in [0.25, 0.3) is 0 Å². The van der Waals surface area contributed by atoms with Gasteiger partial charge in [-0.1, -0.05) is 79.4 Å². The number of nitrogens with one attached hydrogen (secondary N) is 5. The van der Waals surface area contributed by atoms with Gasteiger partial charge in [-0.15, -0.1) is 0 Å². The third-order valence-corrected chi connectivity index (χ3v) is 6.88. The fraction of sp³-hybridized carbons (Fsp3) is 0.257. The number of phenolic OH excluding ortho intramolecular Hbond substituents is 1. The number of rotatable bonds is 15. The number of hydrogen-bond acceptors (Lipinski definition) is 7. The summed E-state index contributed by atoms with van der Waals surface area (Å²) in [5.41, 5.74) is 8.18. The molecule has 0 unspecified atom stereocenters. The number of nitrogens with zero attached hydrogens (tertiary/aromatic N) is 1. The number of carbonyl (C=O) groups excluding carboxylic acids is 4. The van der Waals surface area contributed by atoms with Gasteiger partial charge in [-0.05, 0) is 47.7 Å². The number of urea groups is 1. The number of hydrogen-bond donors (Lipinski definition) is 8. The Morgan fingerprint density at radius 3 is 1.88 bits per heavy atom. The van der Waals surface area contributed by atoms with E-state index in [0.717, 1.165) is 22.8 Å². The van der Waals surface area contributed by atoms with Crippen molar-refractivity contribution < 1.29 is 47.4 Å². The van der Waals surface area contributed by atoms with Gasteiger partial charge >= 0.3 is 18.2 Å². The van der Waals surface area contributed by atoms with Gasteiger partial charge in [0.15, 0.2) is 5.96 Å². The summed E-state index contributed by atoms with van der Waals surface area (Å²) in [6, 6.07) is 23.6. The van der Waals surface area contributed by atoms with Crippen molar-refractivity contribution >= 4 is 35.7 Å². The van der Waals surface area contributed by atoms with E-state index in [2.05, 4.69) is 38.2 Å². The third kappa shape index (κ3) is 15.9. The number of carboxylic acid groups (broad SMARTS) is 1. The van der Waals surface area contributed by atoms with E-state index in [-0.39, 0.29) is 62.0 Å². The maximum atomic E-state index is 13.7. The lowest BCUT2D eigenvalue weighted by Crippen LogP contribution is -2.48. The number of carbonyl (C=O) groups is 5. The molecule has 0 aliphatic heterocycles. The number of phenols is 1. The summed E-state index contributed by atoms with van der Waals surface area (Å²) in [7, 11) is 0. The van der Waals surface area contributed by atoms with E-state index in [1.165, 1.54) is 12.1 Å². The van der Waals surface area contributed by atoms with Crippen LogP contribution in [0, 0.1) is 0 Å². The number of amides is 5. The van der Waals surface area contributed by atoms with Crippen molar-refractivity contribution in [2.45, 2.75) is 37.5 Å². The number of carboxylic acids is 1. The van der Waals surface area contributed by atoms with E-state index >= 15 is 0 Å². The average Bonchev–Trinajstić information content (AvgIpc) is 3.11. The first kappa shape index (κ1) is 41.8. The highest BCUT2D eigenvalue weighted by Gasteiger charge is 2.38. The molecule has 1 atom stereocenters. The van der Waals surface area contributed by atoms with E-state index in [1.54, 1.807) is 12.1 Å².